The van der Waals surface area contributed by atoms with Crippen LogP contribution >= 0.6 is 11.6 Å². The van der Waals surface area contributed by atoms with E-state index in [1.165, 1.54) is 0 Å². The van der Waals surface area contributed by atoms with E-state index in [0.29, 0.717) is 5.69 Å². The third kappa shape index (κ3) is 4.69. The SMILES string of the molecule is CCCCC/C=C/c1ncc(C(F)(F)F)cc1Cl. The minimum Gasteiger partial charge on any atom is -0.255 e. The van der Waals surface area contributed by atoms with Gasteiger partial charge in [-0.1, -0.05) is 37.4 Å². The summed E-state index contributed by atoms with van der Waals surface area (Å²) in [5.74, 6) is 0. The molecule has 1 heterocycles. The molecule has 0 spiro atoms. The lowest BCUT2D eigenvalue weighted by molar-refractivity contribution is -0.137. The first-order valence-corrected chi connectivity index (χ1v) is 6.22. The number of halogens is 4. The van der Waals surface area contributed by atoms with Gasteiger partial charge < -0.3 is 0 Å². The first kappa shape index (κ1) is 15.0. The van der Waals surface area contributed by atoms with E-state index < -0.39 is 11.7 Å². The van der Waals surface area contributed by atoms with Crippen LogP contribution < -0.4 is 0 Å². The van der Waals surface area contributed by atoms with Gasteiger partial charge in [0.1, 0.15) is 0 Å². The van der Waals surface area contributed by atoms with Gasteiger partial charge in [0.25, 0.3) is 0 Å². The van der Waals surface area contributed by atoms with Crippen molar-refractivity contribution in [3.05, 3.63) is 34.6 Å². The van der Waals surface area contributed by atoms with Crippen molar-refractivity contribution in [2.75, 3.05) is 0 Å². The molecule has 0 unspecified atom stereocenters. The fourth-order valence-corrected chi connectivity index (χ4v) is 1.66. The highest BCUT2D eigenvalue weighted by molar-refractivity contribution is 6.31. The maximum Gasteiger partial charge on any atom is 0.417 e. The third-order valence-electron chi connectivity index (χ3n) is 2.45. The molecule has 0 fully saturated rings. The van der Waals surface area contributed by atoms with E-state index in [1.807, 2.05) is 6.08 Å². The highest BCUT2D eigenvalue weighted by Crippen LogP contribution is 2.31. The minimum absolute atomic E-state index is 0.0246. The van der Waals surface area contributed by atoms with Crippen LogP contribution in [0.5, 0.6) is 0 Å². The van der Waals surface area contributed by atoms with E-state index in [-0.39, 0.29) is 5.02 Å². The van der Waals surface area contributed by atoms with Gasteiger partial charge in [0.15, 0.2) is 0 Å². The van der Waals surface area contributed by atoms with Crippen LogP contribution in [0.4, 0.5) is 13.2 Å². The lowest BCUT2D eigenvalue weighted by atomic mass is 10.2. The molecule has 100 valence electrons. The second-order valence-electron chi connectivity index (χ2n) is 3.99. The lowest BCUT2D eigenvalue weighted by Crippen LogP contribution is -2.05. The van der Waals surface area contributed by atoms with Gasteiger partial charge in [-0.3, -0.25) is 4.98 Å². The summed E-state index contributed by atoms with van der Waals surface area (Å²) in [6.07, 6.45) is 4.16. The third-order valence-corrected chi connectivity index (χ3v) is 2.75. The maximum absolute atomic E-state index is 12.4. The van der Waals surface area contributed by atoms with Crippen LogP contribution in [0.25, 0.3) is 6.08 Å². The van der Waals surface area contributed by atoms with E-state index in [2.05, 4.69) is 11.9 Å². The Hall–Kier alpha value is -1.03. The Morgan fingerprint density at radius 1 is 1.33 bits per heavy atom. The van der Waals surface area contributed by atoms with Crippen LogP contribution in [0, 0.1) is 0 Å². The van der Waals surface area contributed by atoms with Crippen LogP contribution in [-0.2, 0) is 6.18 Å². The van der Waals surface area contributed by atoms with Gasteiger partial charge in [0.2, 0.25) is 0 Å². The van der Waals surface area contributed by atoms with Crippen molar-refractivity contribution in [2.45, 2.75) is 38.8 Å². The molecule has 1 aromatic rings. The molecular weight excluding hydrogens is 263 g/mol. The number of nitrogens with zero attached hydrogens (tertiary/aromatic N) is 1. The summed E-state index contributed by atoms with van der Waals surface area (Å²) in [5.41, 5.74) is -0.447. The second-order valence-corrected chi connectivity index (χ2v) is 4.39. The molecule has 1 aromatic heterocycles. The normalized spacial score (nSPS) is 12.3. The number of allylic oxidation sites excluding steroid dienone is 1. The van der Waals surface area contributed by atoms with Crippen molar-refractivity contribution in [1.29, 1.82) is 0 Å². The van der Waals surface area contributed by atoms with Crippen molar-refractivity contribution in [3.8, 4) is 0 Å². The predicted molar refractivity (Wildman–Crippen MR) is 67.4 cm³/mol. The van der Waals surface area contributed by atoms with Crippen molar-refractivity contribution in [1.82, 2.24) is 4.98 Å². The molecule has 0 bridgehead atoms. The van der Waals surface area contributed by atoms with Gasteiger partial charge in [-0.25, -0.2) is 0 Å². The second kappa shape index (κ2) is 6.78. The summed E-state index contributed by atoms with van der Waals surface area (Å²) in [4.78, 5) is 3.72. The summed E-state index contributed by atoms with van der Waals surface area (Å²) in [5, 5.41) is 0.0246. The first-order chi connectivity index (χ1) is 8.45. The van der Waals surface area contributed by atoms with Crippen molar-refractivity contribution < 1.29 is 13.2 Å². The number of alkyl halides is 3. The molecule has 0 N–H and O–H groups in total. The Bertz CT molecular complexity index is 413. The largest absolute Gasteiger partial charge is 0.417 e. The molecule has 0 amide bonds. The predicted octanol–water partition coefficient (Wildman–Crippen LogP) is 5.35. The zero-order valence-corrected chi connectivity index (χ0v) is 10.9. The van der Waals surface area contributed by atoms with Crippen LogP contribution in [0.3, 0.4) is 0 Å². The molecule has 0 aliphatic carbocycles. The Balaban J connectivity index is 2.68. The Morgan fingerprint density at radius 3 is 2.61 bits per heavy atom. The molecule has 5 heteroatoms. The van der Waals surface area contributed by atoms with Gasteiger partial charge in [0, 0.05) is 6.20 Å². The molecule has 18 heavy (non-hydrogen) atoms. The highest BCUT2D eigenvalue weighted by Gasteiger charge is 2.31. The Kier molecular flexibility index (Phi) is 5.66. The molecule has 0 aromatic carbocycles. The number of rotatable bonds is 5. The molecule has 0 aliphatic heterocycles. The number of aromatic nitrogens is 1. The van der Waals surface area contributed by atoms with E-state index in [0.717, 1.165) is 37.9 Å². The number of pyridine rings is 1. The first-order valence-electron chi connectivity index (χ1n) is 5.84. The Morgan fingerprint density at radius 2 is 2.06 bits per heavy atom. The van der Waals surface area contributed by atoms with E-state index in [1.54, 1.807) is 6.08 Å². The smallest absolute Gasteiger partial charge is 0.255 e. The molecule has 0 radical (unpaired) electrons. The molecule has 1 rings (SSSR count). The van der Waals surface area contributed by atoms with Gasteiger partial charge >= 0.3 is 6.18 Å². The molecule has 0 saturated heterocycles. The highest BCUT2D eigenvalue weighted by atomic mass is 35.5. The number of hydrogen-bond donors (Lipinski definition) is 0. The number of unbranched alkanes of at least 4 members (excludes halogenated alkanes) is 3. The fourth-order valence-electron chi connectivity index (χ4n) is 1.43. The van der Waals surface area contributed by atoms with Crippen LogP contribution in [0.1, 0.15) is 43.9 Å². The van der Waals surface area contributed by atoms with Gasteiger partial charge in [-0.2, -0.15) is 13.2 Å². The summed E-state index contributed by atoms with van der Waals surface area (Å²) in [6.45, 7) is 2.11. The monoisotopic (exact) mass is 277 g/mol. The van der Waals surface area contributed by atoms with E-state index >= 15 is 0 Å². The van der Waals surface area contributed by atoms with E-state index in [9.17, 15) is 13.2 Å². The maximum atomic E-state index is 12.4. The fraction of sp³-hybridized carbons (Fsp3) is 0.462. The molecule has 1 nitrogen and oxygen atoms in total. The molecule has 0 saturated carbocycles. The summed E-state index contributed by atoms with van der Waals surface area (Å²) < 4.78 is 37.1. The average Bonchev–Trinajstić information content (AvgIpc) is 2.29. The summed E-state index contributed by atoms with van der Waals surface area (Å²) >= 11 is 5.76. The molecular formula is C13H15ClF3N. The quantitative estimate of drug-likeness (QED) is 0.661. The topological polar surface area (TPSA) is 12.9 Å². The van der Waals surface area contributed by atoms with E-state index in [4.69, 9.17) is 11.6 Å². The number of hydrogen-bond acceptors (Lipinski definition) is 1. The molecule has 0 atom stereocenters. The summed E-state index contributed by atoms with van der Waals surface area (Å²) in [6, 6.07) is 0.903. The minimum atomic E-state index is -4.40. The zero-order valence-electron chi connectivity index (χ0n) is 10.1. The van der Waals surface area contributed by atoms with Gasteiger partial charge in [0.05, 0.1) is 16.3 Å². The van der Waals surface area contributed by atoms with Crippen LogP contribution in [0.2, 0.25) is 5.02 Å². The van der Waals surface area contributed by atoms with Crippen molar-refractivity contribution >= 4 is 17.7 Å². The molecule has 0 aliphatic rings. The van der Waals surface area contributed by atoms with Crippen molar-refractivity contribution in [2.24, 2.45) is 0 Å². The average molecular weight is 278 g/mol. The Labute approximate surface area is 110 Å². The lowest BCUT2D eigenvalue weighted by Gasteiger charge is -2.07. The van der Waals surface area contributed by atoms with Gasteiger partial charge in [-0.15, -0.1) is 0 Å². The van der Waals surface area contributed by atoms with Gasteiger partial charge in [-0.05, 0) is 25.0 Å². The summed E-state index contributed by atoms with van der Waals surface area (Å²) in [7, 11) is 0. The van der Waals surface area contributed by atoms with Crippen molar-refractivity contribution in [3.63, 3.8) is 0 Å². The standard InChI is InChI=1S/C13H15ClF3N/c1-2-3-4-5-6-7-12-11(14)8-10(9-18-12)13(15,16)17/h6-9H,2-5H2,1H3/b7-6+. The zero-order chi connectivity index (χ0) is 13.6. The van der Waals surface area contributed by atoms with Crippen LogP contribution in [0.15, 0.2) is 18.3 Å². The van der Waals surface area contributed by atoms with Crippen LogP contribution in [-0.4, -0.2) is 4.98 Å².